The smallest absolute Gasteiger partial charge is 0.322 e. The van der Waals surface area contributed by atoms with Gasteiger partial charge in [-0.2, -0.15) is 0 Å². The zero-order chi connectivity index (χ0) is 15.6. The van der Waals surface area contributed by atoms with E-state index in [0.29, 0.717) is 43.0 Å². The van der Waals surface area contributed by atoms with Gasteiger partial charge in [-0.15, -0.1) is 0 Å². The van der Waals surface area contributed by atoms with Gasteiger partial charge in [0, 0.05) is 43.5 Å². The lowest BCUT2D eigenvalue weighted by atomic mass is 10.1. The Kier molecular flexibility index (Phi) is 4.49. The maximum absolute atomic E-state index is 11.3. The Morgan fingerprint density at radius 2 is 2.33 bits per heavy atom. The molecule has 0 saturated carbocycles. The summed E-state index contributed by atoms with van der Waals surface area (Å²) in [6.07, 6.45) is 1.47. The number of aromatic nitrogens is 1. The van der Waals surface area contributed by atoms with E-state index in [1.54, 1.807) is 18.7 Å². The van der Waals surface area contributed by atoms with E-state index in [-0.39, 0.29) is 5.69 Å². The second-order valence-electron chi connectivity index (χ2n) is 5.15. The summed E-state index contributed by atoms with van der Waals surface area (Å²) >= 11 is 0. The molecule has 0 aliphatic carbocycles. The normalized spacial score (nSPS) is 19.4. The van der Waals surface area contributed by atoms with Gasteiger partial charge in [0.2, 0.25) is 0 Å². The van der Waals surface area contributed by atoms with Crippen molar-refractivity contribution in [1.82, 2.24) is 15.2 Å². The molecule has 0 radical (unpaired) electrons. The van der Waals surface area contributed by atoms with Crippen molar-refractivity contribution in [3.8, 4) is 0 Å². The summed E-state index contributed by atoms with van der Waals surface area (Å²) in [4.78, 5) is 28.0. The van der Waals surface area contributed by atoms with Crippen molar-refractivity contribution in [1.29, 1.82) is 0 Å². The maximum Gasteiger partial charge on any atom is 0.322 e. The predicted octanol–water partition coefficient (Wildman–Crippen LogP) is 0.465. The second-order valence-corrected chi connectivity index (χ2v) is 5.15. The number of nitrogens with one attached hydrogen (secondary N) is 1. The van der Waals surface area contributed by atoms with Gasteiger partial charge < -0.3 is 10.4 Å². The number of hydrogen-bond donors (Lipinski definition) is 2. The summed E-state index contributed by atoms with van der Waals surface area (Å²) < 4.78 is 0. The van der Waals surface area contributed by atoms with Crippen LogP contribution in [0.15, 0.2) is 6.20 Å². The van der Waals surface area contributed by atoms with Crippen LogP contribution in [0.2, 0.25) is 0 Å². The van der Waals surface area contributed by atoms with Crippen molar-refractivity contribution in [3.05, 3.63) is 33.1 Å². The fourth-order valence-electron chi connectivity index (χ4n) is 2.58. The number of aryl methyl sites for hydroxylation is 1. The van der Waals surface area contributed by atoms with Crippen LogP contribution in [0.4, 0.5) is 5.69 Å². The molecule has 0 spiro atoms. The van der Waals surface area contributed by atoms with Crippen LogP contribution in [-0.4, -0.2) is 51.6 Å². The summed E-state index contributed by atoms with van der Waals surface area (Å²) in [6, 6.07) is -0.639. The highest BCUT2D eigenvalue weighted by atomic mass is 16.6. The molecule has 0 amide bonds. The Morgan fingerprint density at radius 3 is 2.95 bits per heavy atom. The molecule has 2 N–H and O–H groups in total. The van der Waals surface area contributed by atoms with Gasteiger partial charge in [0.05, 0.1) is 10.6 Å². The largest absolute Gasteiger partial charge is 0.480 e. The van der Waals surface area contributed by atoms with Crippen molar-refractivity contribution >= 4 is 11.7 Å². The van der Waals surface area contributed by atoms with Crippen molar-refractivity contribution in [3.63, 3.8) is 0 Å². The van der Waals surface area contributed by atoms with Gasteiger partial charge >= 0.3 is 5.97 Å². The van der Waals surface area contributed by atoms with E-state index >= 15 is 0 Å². The van der Waals surface area contributed by atoms with Gasteiger partial charge in [0.15, 0.2) is 0 Å². The van der Waals surface area contributed by atoms with Crippen molar-refractivity contribution in [2.45, 2.75) is 26.4 Å². The van der Waals surface area contributed by atoms with E-state index in [9.17, 15) is 20.0 Å². The van der Waals surface area contributed by atoms with Crippen LogP contribution in [0, 0.1) is 24.0 Å². The highest BCUT2D eigenvalue weighted by molar-refractivity contribution is 5.74. The van der Waals surface area contributed by atoms with E-state index < -0.39 is 16.9 Å². The molecule has 1 fully saturated rings. The second kappa shape index (κ2) is 6.15. The molecule has 1 aliphatic heterocycles. The van der Waals surface area contributed by atoms with Gasteiger partial charge in [-0.05, 0) is 13.8 Å². The number of rotatable bonds is 4. The maximum atomic E-state index is 11.3. The molecule has 1 saturated heterocycles. The quantitative estimate of drug-likeness (QED) is 0.613. The fraction of sp³-hybridized carbons (Fsp3) is 0.538. The van der Waals surface area contributed by atoms with E-state index in [1.807, 2.05) is 0 Å². The number of carbonyl (C=O) groups is 1. The SMILES string of the molecule is Cc1cnc(CN2CCNCC2C(=O)O)c(C)c1[N+](=O)[O-]. The molecule has 8 heteroatoms. The topological polar surface area (TPSA) is 109 Å². The number of hydrogen-bond acceptors (Lipinski definition) is 6. The van der Waals surface area contributed by atoms with Crippen LogP contribution >= 0.6 is 0 Å². The lowest BCUT2D eigenvalue weighted by molar-refractivity contribution is -0.386. The predicted molar refractivity (Wildman–Crippen MR) is 75.1 cm³/mol. The van der Waals surface area contributed by atoms with Gasteiger partial charge in [-0.1, -0.05) is 0 Å². The van der Waals surface area contributed by atoms with Crippen molar-refractivity contribution in [2.24, 2.45) is 0 Å². The van der Waals surface area contributed by atoms with E-state index in [4.69, 9.17) is 0 Å². The molecule has 21 heavy (non-hydrogen) atoms. The number of carboxylic acid groups (broad SMARTS) is 1. The van der Waals surface area contributed by atoms with Gasteiger partial charge in [-0.3, -0.25) is 24.8 Å². The molecule has 1 atom stereocenters. The minimum atomic E-state index is -0.901. The Balaban J connectivity index is 2.28. The van der Waals surface area contributed by atoms with Crippen LogP contribution in [-0.2, 0) is 11.3 Å². The molecular formula is C13H18N4O4. The lowest BCUT2D eigenvalue weighted by Crippen LogP contribution is -2.54. The van der Waals surface area contributed by atoms with E-state index in [2.05, 4.69) is 10.3 Å². The van der Waals surface area contributed by atoms with Crippen molar-refractivity contribution in [2.75, 3.05) is 19.6 Å². The van der Waals surface area contributed by atoms with Gasteiger partial charge in [0.25, 0.3) is 5.69 Å². The van der Waals surface area contributed by atoms with E-state index in [0.717, 1.165) is 0 Å². The molecule has 2 heterocycles. The number of carboxylic acids is 1. The van der Waals surface area contributed by atoms with Crippen LogP contribution in [0.3, 0.4) is 0 Å². The average molecular weight is 294 g/mol. The Hall–Kier alpha value is -2.06. The average Bonchev–Trinajstić information content (AvgIpc) is 2.42. The molecule has 114 valence electrons. The number of pyridine rings is 1. The minimum Gasteiger partial charge on any atom is -0.480 e. The van der Waals surface area contributed by atoms with Gasteiger partial charge in [-0.25, -0.2) is 0 Å². The summed E-state index contributed by atoms with van der Waals surface area (Å²) in [5.41, 5.74) is 1.63. The third-order valence-electron chi connectivity index (χ3n) is 3.75. The molecule has 1 aliphatic rings. The van der Waals surface area contributed by atoms with Crippen molar-refractivity contribution < 1.29 is 14.8 Å². The summed E-state index contributed by atoms with van der Waals surface area (Å²) in [5, 5.41) is 23.4. The molecule has 0 aromatic carbocycles. The zero-order valence-corrected chi connectivity index (χ0v) is 12.0. The van der Waals surface area contributed by atoms with Crippen LogP contribution in [0.1, 0.15) is 16.8 Å². The first-order chi connectivity index (χ1) is 9.91. The third-order valence-corrected chi connectivity index (χ3v) is 3.75. The first-order valence-electron chi connectivity index (χ1n) is 6.69. The number of piperazine rings is 1. The number of nitrogens with zero attached hydrogens (tertiary/aromatic N) is 3. The first-order valence-corrected chi connectivity index (χ1v) is 6.69. The molecular weight excluding hydrogens is 276 g/mol. The van der Waals surface area contributed by atoms with Crippen LogP contribution in [0.5, 0.6) is 0 Å². The molecule has 1 aromatic rings. The highest BCUT2D eigenvalue weighted by Gasteiger charge is 2.30. The van der Waals surface area contributed by atoms with E-state index in [1.165, 1.54) is 6.20 Å². The standard InChI is InChI=1S/C13H18N4O4/c1-8-5-15-10(9(2)12(8)17(20)21)7-16-4-3-14-6-11(16)13(18)19/h5,11,14H,3-4,6-7H2,1-2H3,(H,18,19). The number of nitro groups is 1. The Bertz CT molecular complexity index is 576. The Morgan fingerprint density at radius 1 is 1.62 bits per heavy atom. The van der Waals surface area contributed by atoms with Crippen LogP contribution < -0.4 is 5.32 Å². The molecule has 2 rings (SSSR count). The fourth-order valence-corrected chi connectivity index (χ4v) is 2.58. The summed E-state index contributed by atoms with van der Waals surface area (Å²) in [5.74, 6) is -0.901. The molecule has 1 aromatic heterocycles. The van der Waals surface area contributed by atoms with Crippen LogP contribution in [0.25, 0.3) is 0 Å². The Labute approximate surface area is 121 Å². The first kappa shape index (κ1) is 15.3. The summed E-state index contributed by atoms with van der Waals surface area (Å²) in [7, 11) is 0. The number of aliphatic carboxylic acids is 1. The minimum absolute atomic E-state index is 0.0574. The highest BCUT2D eigenvalue weighted by Crippen LogP contribution is 2.25. The zero-order valence-electron chi connectivity index (χ0n) is 12.0. The third kappa shape index (κ3) is 3.17. The molecule has 8 nitrogen and oxygen atoms in total. The monoisotopic (exact) mass is 294 g/mol. The molecule has 0 bridgehead atoms. The van der Waals surface area contributed by atoms with Gasteiger partial charge in [0.1, 0.15) is 6.04 Å². The summed E-state index contributed by atoms with van der Waals surface area (Å²) in [6.45, 7) is 5.22. The lowest BCUT2D eigenvalue weighted by Gasteiger charge is -2.33. The molecule has 1 unspecified atom stereocenters.